The highest BCUT2D eigenvalue weighted by atomic mass is 15.1. The van der Waals surface area contributed by atoms with Gasteiger partial charge in [-0.2, -0.15) is 0 Å². The Balaban J connectivity index is 1.77. The van der Waals surface area contributed by atoms with Crippen LogP contribution in [0.2, 0.25) is 0 Å². The monoisotopic (exact) mass is 288 g/mol. The quantitative estimate of drug-likeness (QED) is 0.810. The molecule has 0 heterocycles. The van der Waals surface area contributed by atoms with Crippen molar-refractivity contribution in [3.63, 3.8) is 0 Å². The van der Waals surface area contributed by atoms with Gasteiger partial charge in [-0.05, 0) is 58.3 Å². The first kappa shape index (κ1) is 16.5. The third-order valence-electron chi connectivity index (χ3n) is 4.92. The molecule has 2 rings (SSSR count). The molecule has 1 saturated carbocycles. The fourth-order valence-corrected chi connectivity index (χ4v) is 3.53. The molecule has 0 aliphatic heterocycles. The van der Waals surface area contributed by atoms with E-state index in [1.54, 1.807) is 0 Å². The first-order chi connectivity index (χ1) is 10.2. The minimum absolute atomic E-state index is 0.472. The standard InChI is InChI=1S/C19H32N2/c1-16-9-11-18(12-10-16)19(20-2)13-14-21(3)15-17-7-5-4-6-8-17/h9-12,17,19-20H,4-8,13-15H2,1-3H3. The summed E-state index contributed by atoms with van der Waals surface area (Å²) in [6, 6.07) is 9.42. The smallest absolute Gasteiger partial charge is 0.0329 e. The lowest BCUT2D eigenvalue weighted by molar-refractivity contribution is 0.225. The SMILES string of the molecule is CNC(CCN(C)CC1CCCCC1)c1ccc(C)cc1. The predicted octanol–water partition coefficient (Wildman–Crippen LogP) is 4.16. The van der Waals surface area contributed by atoms with E-state index in [9.17, 15) is 0 Å². The van der Waals surface area contributed by atoms with Crippen LogP contribution < -0.4 is 5.32 Å². The Labute approximate surface area is 130 Å². The van der Waals surface area contributed by atoms with Crippen LogP contribution in [0.15, 0.2) is 24.3 Å². The highest BCUT2D eigenvalue weighted by Crippen LogP contribution is 2.24. The van der Waals surface area contributed by atoms with E-state index in [4.69, 9.17) is 0 Å². The number of hydrogen-bond acceptors (Lipinski definition) is 2. The highest BCUT2D eigenvalue weighted by Gasteiger charge is 2.16. The molecule has 0 spiro atoms. The molecular formula is C19H32N2. The average Bonchev–Trinajstić information content (AvgIpc) is 2.50. The summed E-state index contributed by atoms with van der Waals surface area (Å²) in [5.41, 5.74) is 2.75. The van der Waals surface area contributed by atoms with Crippen molar-refractivity contribution in [2.75, 3.05) is 27.2 Å². The lowest BCUT2D eigenvalue weighted by atomic mass is 9.89. The van der Waals surface area contributed by atoms with E-state index in [1.807, 2.05) is 0 Å². The molecule has 1 unspecified atom stereocenters. The summed E-state index contributed by atoms with van der Waals surface area (Å²) in [7, 11) is 4.36. The Morgan fingerprint density at radius 3 is 2.43 bits per heavy atom. The van der Waals surface area contributed by atoms with Crippen LogP contribution in [0.1, 0.15) is 55.7 Å². The Kier molecular flexibility index (Phi) is 6.72. The molecule has 1 aromatic carbocycles. The number of benzene rings is 1. The molecule has 2 heteroatoms. The van der Waals surface area contributed by atoms with Crippen LogP contribution in [0.25, 0.3) is 0 Å². The van der Waals surface area contributed by atoms with Crippen molar-refractivity contribution in [2.45, 2.75) is 51.5 Å². The topological polar surface area (TPSA) is 15.3 Å². The van der Waals surface area contributed by atoms with Gasteiger partial charge in [-0.3, -0.25) is 0 Å². The van der Waals surface area contributed by atoms with Crippen LogP contribution in [0.5, 0.6) is 0 Å². The molecule has 1 aromatic rings. The van der Waals surface area contributed by atoms with Crippen molar-refractivity contribution in [2.24, 2.45) is 5.92 Å². The van der Waals surface area contributed by atoms with Gasteiger partial charge in [0.05, 0.1) is 0 Å². The number of nitrogens with zero attached hydrogens (tertiary/aromatic N) is 1. The molecule has 118 valence electrons. The van der Waals surface area contributed by atoms with Gasteiger partial charge in [0.1, 0.15) is 0 Å². The summed E-state index contributed by atoms with van der Waals surface area (Å²) in [4.78, 5) is 2.54. The van der Waals surface area contributed by atoms with Gasteiger partial charge >= 0.3 is 0 Å². The van der Waals surface area contributed by atoms with Crippen molar-refractivity contribution in [1.82, 2.24) is 10.2 Å². The van der Waals surface area contributed by atoms with Gasteiger partial charge < -0.3 is 10.2 Å². The fraction of sp³-hybridized carbons (Fsp3) is 0.684. The average molecular weight is 288 g/mol. The number of aryl methyl sites for hydroxylation is 1. The Morgan fingerprint density at radius 1 is 1.14 bits per heavy atom. The van der Waals surface area contributed by atoms with Crippen LogP contribution in [0.4, 0.5) is 0 Å². The van der Waals surface area contributed by atoms with Gasteiger partial charge in [0, 0.05) is 12.6 Å². The van der Waals surface area contributed by atoms with Crippen molar-refractivity contribution in [3.8, 4) is 0 Å². The van der Waals surface area contributed by atoms with Crippen LogP contribution in [-0.4, -0.2) is 32.1 Å². The van der Waals surface area contributed by atoms with Crippen LogP contribution in [0.3, 0.4) is 0 Å². The third-order valence-corrected chi connectivity index (χ3v) is 4.92. The minimum atomic E-state index is 0.472. The maximum Gasteiger partial charge on any atom is 0.0329 e. The van der Waals surface area contributed by atoms with Gasteiger partial charge in [-0.25, -0.2) is 0 Å². The molecule has 0 bridgehead atoms. The summed E-state index contributed by atoms with van der Waals surface area (Å²) in [5.74, 6) is 0.941. The fourth-order valence-electron chi connectivity index (χ4n) is 3.53. The largest absolute Gasteiger partial charge is 0.313 e. The number of rotatable bonds is 7. The summed E-state index contributed by atoms with van der Waals surface area (Å²) < 4.78 is 0. The Morgan fingerprint density at radius 2 is 1.81 bits per heavy atom. The zero-order chi connectivity index (χ0) is 15.1. The first-order valence-electron chi connectivity index (χ1n) is 8.61. The summed E-state index contributed by atoms with van der Waals surface area (Å²) in [5, 5.41) is 3.47. The molecule has 1 aliphatic carbocycles. The van der Waals surface area contributed by atoms with E-state index in [0.717, 1.165) is 5.92 Å². The molecule has 1 aliphatic rings. The summed E-state index contributed by atoms with van der Waals surface area (Å²) in [6.07, 6.45) is 8.41. The second-order valence-electron chi connectivity index (χ2n) is 6.81. The summed E-state index contributed by atoms with van der Waals surface area (Å²) in [6.45, 7) is 4.61. The minimum Gasteiger partial charge on any atom is -0.313 e. The van der Waals surface area contributed by atoms with Crippen LogP contribution in [-0.2, 0) is 0 Å². The normalized spacial score (nSPS) is 18.1. The summed E-state index contributed by atoms with van der Waals surface area (Å²) >= 11 is 0. The lowest BCUT2D eigenvalue weighted by Crippen LogP contribution is -2.30. The molecule has 1 N–H and O–H groups in total. The van der Waals surface area contributed by atoms with E-state index in [1.165, 1.54) is 62.7 Å². The molecule has 2 nitrogen and oxygen atoms in total. The zero-order valence-corrected chi connectivity index (χ0v) is 14.1. The highest BCUT2D eigenvalue weighted by molar-refractivity contribution is 5.24. The molecular weight excluding hydrogens is 256 g/mol. The molecule has 1 atom stereocenters. The van der Waals surface area contributed by atoms with E-state index in [0.29, 0.717) is 6.04 Å². The van der Waals surface area contributed by atoms with Crippen LogP contribution in [0, 0.1) is 12.8 Å². The zero-order valence-electron chi connectivity index (χ0n) is 14.1. The molecule has 0 amide bonds. The maximum atomic E-state index is 3.47. The second-order valence-corrected chi connectivity index (χ2v) is 6.81. The van der Waals surface area contributed by atoms with Gasteiger partial charge in [-0.15, -0.1) is 0 Å². The number of hydrogen-bond donors (Lipinski definition) is 1. The Bertz CT molecular complexity index is 393. The van der Waals surface area contributed by atoms with Crippen molar-refractivity contribution < 1.29 is 0 Å². The third kappa shape index (κ3) is 5.44. The van der Waals surface area contributed by atoms with E-state index in [2.05, 4.69) is 55.5 Å². The second kappa shape index (κ2) is 8.55. The lowest BCUT2D eigenvalue weighted by Gasteiger charge is -2.28. The van der Waals surface area contributed by atoms with Crippen LogP contribution >= 0.6 is 0 Å². The molecule has 0 saturated heterocycles. The molecule has 0 radical (unpaired) electrons. The molecule has 1 fully saturated rings. The first-order valence-corrected chi connectivity index (χ1v) is 8.61. The van der Waals surface area contributed by atoms with Crippen molar-refractivity contribution >= 4 is 0 Å². The van der Waals surface area contributed by atoms with Gasteiger partial charge in [0.2, 0.25) is 0 Å². The number of nitrogens with one attached hydrogen (secondary N) is 1. The maximum absolute atomic E-state index is 3.47. The van der Waals surface area contributed by atoms with E-state index < -0.39 is 0 Å². The van der Waals surface area contributed by atoms with Crippen molar-refractivity contribution in [1.29, 1.82) is 0 Å². The van der Waals surface area contributed by atoms with Gasteiger partial charge in [0.25, 0.3) is 0 Å². The van der Waals surface area contributed by atoms with E-state index in [-0.39, 0.29) is 0 Å². The predicted molar refractivity (Wildman–Crippen MR) is 91.7 cm³/mol. The van der Waals surface area contributed by atoms with Gasteiger partial charge in [0.15, 0.2) is 0 Å². The van der Waals surface area contributed by atoms with E-state index >= 15 is 0 Å². The molecule has 21 heavy (non-hydrogen) atoms. The Hall–Kier alpha value is -0.860. The molecule has 0 aromatic heterocycles. The van der Waals surface area contributed by atoms with Gasteiger partial charge in [-0.1, -0.05) is 49.1 Å². The van der Waals surface area contributed by atoms with Crippen molar-refractivity contribution in [3.05, 3.63) is 35.4 Å².